The zero-order chi connectivity index (χ0) is 19.4. The number of anilines is 1. The average Bonchev–Trinajstić information content (AvgIpc) is 2.62. The van der Waals surface area contributed by atoms with Gasteiger partial charge in [-0.3, -0.25) is 25.0 Å². The molecule has 0 atom stereocenters. The Balaban J connectivity index is 2.42. The standard InChI is InChI=1S/C15H10FN3O7/c1-26-15(21)9-4-8(5-11(6-9)19(24)25)14(20)17-13-7-10(18(22)23)2-3-12(13)16/h2-7H,1H3,(H,17,20). The number of esters is 1. The van der Waals surface area contributed by atoms with Gasteiger partial charge in [0.15, 0.2) is 0 Å². The van der Waals surface area contributed by atoms with Crippen LogP contribution in [0.2, 0.25) is 0 Å². The highest BCUT2D eigenvalue weighted by Crippen LogP contribution is 2.23. The Bertz CT molecular complexity index is 929. The van der Waals surface area contributed by atoms with E-state index in [1.54, 1.807) is 0 Å². The third-order valence-corrected chi connectivity index (χ3v) is 3.22. The number of carbonyl (C=O) groups excluding carboxylic acids is 2. The van der Waals surface area contributed by atoms with Gasteiger partial charge in [0.2, 0.25) is 0 Å². The molecule has 11 heteroatoms. The zero-order valence-corrected chi connectivity index (χ0v) is 13.1. The summed E-state index contributed by atoms with van der Waals surface area (Å²) in [5.41, 5.74) is -2.10. The van der Waals surface area contributed by atoms with Crippen LogP contribution in [-0.4, -0.2) is 28.8 Å². The van der Waals surface area contributed by atoms with E-state index in [1.807, 2.05) is 0 Å². The summed E-state index contributed by atoms with van der Waals surface area (Å²) in [6.07, 6.45) is 0. The highest BCUT2D eigenvalue weighted by atomic mass is 19.1. The van der Waals surface area contributed by atoms with Gasteiger partial charge < -0.3 is 10.1 Å². The molecule has 0 heterocycles. The lowest BCUT2D eigenvalue weighted by molar-refractivity contribution is -0.385. The normalized spacial score (nSPS) is 10.1. The molecule has 2 aromatic carbocycles. The Morgan fingerprint density at radius 3 is 2.19 bits per heavy atom. The molecule has 0 unspecified atom stereocenters. The Hall–Kier alpha value is -3.89. The fraction of sp³-hybridized carbons (Fsp3) is 0.0667. The molecule has 0 saturated heterocycles. The van der Waals surface area contributed by atoms with Crippen molar-refractivity contribution in [1.29, 1.82) is 0 Å². The van der Waals surface area contributed by atoms with Crippen LogP contribution in [0.25, 0.3) is 0 Å². The van der Waals surface area contributed by atoms with Crippen molar-refractivity contribution in [3.05, 3.63) is 73.6 Å². The second kappa shape index (κ2) is 7.34. The van der Waals surface area contributed by atoms with E-state index in [4.69, 9.17) is 0 Å². The van der Waals surface area contributed by atoms with Crippen molar-refractivity contribution in [2.45, 2.75) is 0 Å². The summed E-state index contributed by atoms with van der Waals surface area (Å²) < 4.78 is 18.2. The Labute approximate surface area is 144 Å². The van der Waals surface area contributed by atoms with E-state index >= 15 is 0 Å². The number of ether oxygens (including phenoxy) is 1. The van der Waals surface area contributed by atoms with Gasteiger partial charge in [0.05, 0.1) is 28.2 Å². The van der Waals surface area contributed by atoms with Gasteiger partial charge in [-0.05, 0) is 12.1 Å². The maximum atomic E-state index is 13.8. The molecular weight excluding hydrogens is 353 g/mol. The summed E-state index contributed by atoms with van der Waals surface area (Å²) in [7, 11) is 1.05. The Morgan fingerprint density at radius 2 is 1.62 bits per heavy atom. The van der Waals surface area contributed by atoms with Crippen LogP contribution in [0.5, 0.6) is 0 Å². The number of benzene rings is 2. The van der Waals surface area contributed by atoms with Crippen LogP contribution in [0.3, 0.4) is 0 Å². The summed E-state index contributed by atoms with van der Waals surface area (Å²) >= 11 is 0. The number of nitro groups is 2. The fourth-order valence-corrected chi connectivity index (χ4v) is 2.00. The van der Waals surface area contributed by atoms with Crippen molar-refractivity contribution in [2.24, 2.45) is 0 Å². The number of carbonyl (C=O) groups is 2. The lowest BCUT2D eigenvalue weighted by Crippen LogP contribution is -2.15. The molecule has 0 aromatic heterocycles. The molecule has 0 aliphatic carbocycles. The number of non-ortho nitro benzene ring substituents is 2. The first-order chi connectivity index (χ1) is 12.2. The Morgan fingerprint density at radius 1 is 1.00 bits per heavy atom. The van der Waals surface area contributed by atoms with Gasteiger partial charge in [0.25, 0.3) is 17.3 Å². The van der Waals surface area contributed by atoms with E-state index in [0.29, 0.717) is 0 Å². The van der Waals surface area contributed by atoms with Gasteiger partial charge in [-0.2, -0.15) is 0 Å². The van der Waals surface area contributed by atoms with Crippen LogP contribution in [0, 0.1) is 26.0 Å². The maximum Gasteiger partial charge on any atom is 0.338 e. The molecule has 0 bridgehead atoms. The lowest BCUT2D eigenvalue weighted by atomic mass is 10.1. The minimum absolute atomic E-state index is 0.258. The van der Waals surface area contributed by atoms with Crippen molar-refractivity contribution in [3.63, 3.8) is 0 Å². The molecule has 0 aliphatic heterocycles. The minimum atomic E-state index is -1.00. The number of hydrogen-bond donors (Lipinski definition) is 1. The third-order valence-electron chi connectivity index (χ3n) is 3.22. The number of nitro benzene ring substituents is 2. The van der Waals surface area contributed by atoms with Gasteiger partial charge in [0.1, 0.15) is 5.82 Å². The number of nitrogens with one attached hydrogen (secondary N) is 1. The second-order valence-corrected chi connectivity index (χ2v) is 4.89. The van der Waals surface area contributed by atoms with Crippen molar-refractivity contribution < 1.29 is 28.6 Å². The molecule has 0 radical (unpaired) electrons. The first-order valence-corrected chi connectivity index (χ1v) is 6.86. The first kappa shape index (κ1) is 18.4. The van der Waals surface area contributed by atoms with Crippen LogP contribution < -0.4 is 5.32 Å². The number of halogens is 1. The fourth-order valence-electron chi connectivity index (χ4n) is 2.00. The molecule has 134 valence electrons. The number of rotatable bonds is 5. The first-order valence-electron chi connectivity index (χ1n) is 6.86. The smallest absolute Gasteiger partial charge is 0.338 e. The molecule has 0 saturated carbocycles. The van der Waals surface area contributed by atoms with Gasteiger partial charge >= 0.3 is 5.97 Å². The van der Waals surface area contributed by atoms with Crippen LogP contribution in [0.1, 0.15) is 20.7 Å². The van der Waals surface area contributed by atoms with Gasteiger partial charge in [-0.15, -0.1) is 0 Å². The monoisotopic (exact) mass is 363 g/mol. The van der Waals surface area contributed by atoms with E-state index in [2.05, 4.69) is 10.1 Å². The van der Waals surface area contributed by atoms with E-state index < -0.39 is 44.6 Å². The predicted octanol–water partition coefficient (Wildman–Crippen LogP) is 2.68. The average molecular weight is 363 g/mol. The van der Waals surface area contributed by atoms with Crippen LogP contribution in [0.4, 0.5) is 21.5 Å². The molecular formula is C15H10FN3O7. The number of methoxy groups -OCH3 is 1. The molecule has 2 rings (SSSR count). The third kappa shape index (κ3) is 3.95. The molecule has 10 nitrogen and oxygen atoms in total. The lowest BCUT2D eigenvalue weighted by Gasteiger charge is -2.08. The molecule has 0 spiro atoms. The highest BCUT2D eigenvalue weighted by Gasteiger charge is 2.20. The largest absolute Gasteiger partial charge is 0.465 e. The molecule has 1 N–H and O–H groups in total. The summed E-state index contributed by atoms with van der Waals surface area (Å²) in [5.74, 6) is -2.86. The van der Waals surface area contributed by atoms with Crippen molar-refractivity contribution in [3.8, 4) is 0 Å². The summed E-state index contributed by atoms with van der Waals surface area (Å²) in [4.78, 5) is 43.9. The molecule has 1 amide bonds. The molecule has 0 aliphatic rings. The number of nitrogens with zero attached hydrogens (tertiary/aromatic N) is 2. The predicted molar refractivity (Wildman–Crippen MR) is 85.4 cm³/mol. The van der Waals surface area contributed by atoms with Crippen molar-refractivity contribution >= 4 is 28.9 Å². The van der Waals surface area contributed by atoms with Crippen LogP contribution in [0.15, 0.2) is 36.4 Å². The SMILES string of the molecule is COC(=O)c1cc(C(=O)Nc2cc([N+](=O)[O-])ccc2F)cc([N+](=O)[O-])c1. The summed E-state index contributed by atoms with van der Waals surface area (Å²) in [5, 5.41) is 23.8. The van der Waals surface area contributed by atoms with E-state index in [-0.39, 0.29) is 11.1 Å². The summed E-state index contributed by atoms with van der Waals surface area (Å²) in [6, 6.07) is 5.30. The quantitative estimate of drug-likeness (QED) is 0.489. The van der Waals surface area contributed by atoms with E-state index in [1.165, 1.54) is 0 Å². The molecule has 2 aromatic rings. The van der Waals surface area contributed by atoms with Crippen molar-refractivity contribution in [1.82, 2.24) is 0 Å². The van der Waals surface area contributed by atoms with Crippen LogP contribution in [-0.2, 0) is 4.74 Å². The van der Waals surface area contributed by atoms with E-state index in [0.717, 1.165) is 43.5 Å². The van der Waals surface area contributed by atoms with E-state index in [9.17, 15) is 34.2 Å². The number of hydrogen-bond acceptors (Lipinski definition) is 7. The van der Waals surface area contributed by atoms with Crippen molar-refractivity contribution in [2.75, 3.05) is 12.4 Å². The maximum absolute atomic E-state index is 13.8. The molecule has 0 fully saturated rings. The number of amides is 1. The minimum Gasteiger partial charge on any atom is -0.465 e. The Kier molecular flexibility index (Phi) is 5.21. The zero-order valence-electron chi connectivity index (χ0n) is 13.1. The van der Waals surface area contributed by atoms with Crippen LogP contribution >= 0.6 is 0 Å². The molecule has 26 heavy (non-hydrogen) atoms. The second-order valence-electron chi connectivity index (χ2n) is 4.89. The van der Waals surface area contributed by atoms with Gasteiger partial charge in [0, 0.05) is 29.8 Å². The summed E-state index contributed by atoms with van der Waals surface area (Å²) in [6.45, 7) is 0. The topological polar surface area (TPSA) is 142 Å². The van der Waals surface area contributed by atoms with Gasteiger partial charge in [-0.1, -0.05) is 0 Å². The highest BCUT2D eigenvalue weighted by molar-refractivity contribution is 6.06. The van der Waals surface area contributed by atoms with Gasteiger partial charge in [-0.25, -0.2) is 9.18 Å².